The standard InChI is InChI=1S/3C14H12O3/c1-9(15)2-3-10-4-5-11-7-12(16)8-14(17)13(11)6-10;2*15-12-5-3-10(4-6-12)1-2-11-7-13(16)9-14(17)8-11/h2-8,16-17H,1H3;2*1-9,15-17H/b3-2+;2-1+;2-1-. The summed E-state index contributed by atoms with van der Waals surface area (Å²) in [5.74, 6) is 0.561. The molecule has 8 N–H and O–H groups in total. The van der Waals surface area contributed by atoms with Gasteiger partial charge in [-0.25, -0.2) is 0 Å². The van der Waals surface area contributed by atoms with Gasteiger partial charge in [-0.05, 0) is 107 Å². The molecule has 0 unspecified atom stereocenters. The van der Waals surface area contributed by atoms with Gasteiger partial charge in [0.05, 0.1) is 0 Å². The number of benzene rings is 6. The zero-order chi connectivity index (χ0) is 36.9. The van der Waals surface area contributed by atoms with Crippen LogP contribution in [-0.2, 0) is 4.79 Å². The number of carbonyl (C=O) groups is 1. The highest BCUT2D eigenvalue weighted by Gasteiger charge is 2.03. The van der Waals surface area contributed by atoms with Gasteiger partial charge in [0.2, 0.25) is 0 Å². The van der Waals surface area contributed by atoms with Crippen molar-refractivity contribution in [3.8, 4) is 46.0 Å². The molecule has 9 nitrogen and oxygen atoms in total. The fourth-order valence-electron chi connectivity index (χ4n) is 4.64. The molecule has 0 aromatic heterocycles. The van der Waals surface area contributed by atoms with E-state index in [0.29, 0.717) is 16.5 Å². The minimum Gasteiger partial charge on any atom is -0.508 e. The first-order chi connectivity index (χ1) is 24.3. The van der Waals surface area contributed by atoms with Crippen LogP contribution in [0.1, 0.15) is 34.7 Å². The summed E-state index contributed by atoms with van der Waals surface area (Å²) in [5, 5.41) is 75.9. The van der Waals surface area contributed by atoms with Crippen molar-refractivity contribution in [1.82, 2.24) is 0 Å². The lowest BCUT2D eigenvalue weighted by Crippen LogP contribution is -1.81. The van der Waals surface area contributed by atoms with Gasteiger partial charge in [-0.15, -0.1) is 0 Å². The monoisotopic (exact) mass is 684 g/mol. The van der Waals surface area contributed by atoms with Crippen molar-refractivity contribution >= 4 is 46.9 Å². The Bertz CT molecular complexity index is 2050. The zero-order valence-corrected chi connectivity index (χ0v) is 27.4. The van der Waals surface area contributed by atoms with Crippen molar-refractivity contribution in [1.29, 1.82) is 0 Å². The molecule has 9 heteroatoms. The molecule has 0 saturated carbocycles. The molecule has 0 spiro atoms. The van der Waals surface area contributed by atoms with E-state index in [4.69, 9.17) is 10.2 Å². The largest absolute Gasteiger partial charge is 0.508 e. The Balaban J connectivity index is 0.000000172. The predicted octanol–water partition coefficient (Wildman–Crippen LogP) is 8.80. The zero-order valence-electron chi connectivity index (χ0n) is 27.4. The van der Waals surface area contributed by atoms with Gasteiger partial charge in [0.25, 0.3) is 0 Å². The number of hydrogen-bond acceptors (Lipinski definition) is 9. The van der Waals surface area contributed by atoms with Crippen molar-refractivity contribution in [2.24, 2.45) is 0 Å². The minimum atomic E-state index is -0.0278. The summed E-state index contributed by atoms with van der Waals surface area (Å²) in [6.07, 6.45) is 10.4. The second-order valence-corrected chi connectivity index (χ2v) is 11.3. The van der Waals surface area contributed by atoms with Gasteiger partial charge >= 0.3 is 0 Å². The third kappa shape index (κ3) is 12.1. The first kappa shape index (κ1) is 36.7. The van der Waals surface area contributed by atoms with E-state index in [1.807, 2.05) is 18.2 Å². The maximum atomic E-state index is 10.8. The van der Waals surface area contributed by atoms with Crippen LogP contribution in [0.3, 0.4) is 0 Å². The molecule has 6 rings (SSSR count). The SMILES string of the molecule is CC(=O)/C=C/c1ccc2cc(O)cc(O)c2c1.Oc1ccc(/C=C/c2cc(O)cc(O)c2)cc1.Oc1ccc(/C=C\c2cc(O)cc(O)c2)cc1. The number of phenols is 8. The Kier molecular flexibility index (Phi) is 12.5. The maximum Gasteiger partial charge on any atom is 0.152 e. The van der Waals surface area contributed by atoms with Crippen molar-refractivity contribution < 1.29 is 45.6 Å². The first-order valence-electron chi connectivity index (χ1n) is 15.5. The third-order valence-electron chi connectivity index (χ3n) is 7.02. The fourth-order valence-corrected chi connectivity index (χ4v) is 4.64. The van der Waals surface area contributed by atoms with Gasteiger partial charge < -0.3 is 40.9 Å². The second-order valence-electron chi connectivity index (χ2n) is 11.3. The summed E-state index contributed by atoms with van der Waals surface area (Å²) in [6, 6.07) is 30.5. The molecule has 0 aliphatic carbocycles. The van der Waals surface area contributed by atoms with E-state index in [2.05, 4.69) is 0 Å². The van der Waals surface area contributed by atoms with Crippen LogP contribution in [0.4, 0.5) is 0 Å². The van der Waals surface area contributed by atoms with Gasteiger partial charge in [0, 0.05) is 23.6 Å². The van der Waals surface area contributed by atoms with Crippen molar-refractivity contribution in [2.45, 2.75) is 6.92 Å². The van der Waals surface area contributed by atoms with E-state index in [0.717, 1.165) is 22.1 Å². The van der Waals surface area contributed by atoms with E-state index in [1.54, 1.807) is 109 Å². The van der Waals surface area contributed by atoms with Crippen LogP contribution < -0.4 is 0 Å². The Labute approximate surface area is 294 Å². The molecule has 51 heavy (non-hydrogen) atoms. The van der Waals surface area contributed by atoms with Crippen LogP contribution in [0.25, 0.3) is 41.2 Å². The van der Waals surface area contributed by atoms with Crippen LogP contribution in [0, 0.1) is 0 Å². The molecule has 0 saturated heterocycles. The first-order valence-corrected chi connectivity index (χ1v) is 15.5. The highest BCUT2D eigenvalue weighted by molar-refractivity contribution is 5.94. The lowest BCUT2D eigenvalue weighted by molar-refractivity contribution is -0.112. The summed E-state index contributed by atoms with van der Waals surface area (Å²) >= 11 is 0. The van der Waals surface area contributed by atoms with Crippen molar-refractivity contribution in [3.05, 3.63) is 149 Å². The molecule has 0 radical (unpaired) electrons. The van der Waals surface area contributed by atoms with E-state index in [-0.39, 0.29) is 51.8 Å². The van der Waals surface area contributed by atoms with Gasteiger partial charge in [0.15, 0.2) is 5.78 Å². The molecule has 0 atom stereocenters. The van der Waals surface area contributed by atoms with Crippen LogP contribution in [-0.4, -0.2) is 46.6 Å². The van der Waals surface area contributed by atoms with Crippen molar-refractivity contribution in [3.63, 3.8) is 0 Å². The van der Waals surface area contributed by atoms with Gasteiger partial charge in [-0.1, -0.05) is 66.8 Å². The van der Waals surface area contributed by atoms with E-state index in [9.17, 15) is 35.4 Å². The molecule has 258 valence electrons. The molecule has 0 bridgehead atoms. The van der Waals surface area contributed by atoms with E-state index < -0.39 is 0 Å². The Morgan fingerprint density at radius 1 is 0.392 bits per heavy atom. The third-order valence-corrected chi connectivity index (χ3v) is 7.02. The number of hydrogen-bond donors (Lipinski definition) is 8. The number of rotatable bonds is 6. The molecule has 0 aliphatic rings. The van der Waals surface area contributed by atoms with Gasteiger partial charge in [-0.3, -0.25) is 4.79 Å². The van der Waals surface area contributed by atoms with Crippen molar-refractivity contribution in [2.75, 3.05) is 0 Å². The molecule has 0 fully saturated rings. The molecular formula is C42H36O9. The fraction of sp³-hybridized carbons (Fsp3) is 0.0238. The summed E-state index contributed by atoms with van der Waals surface area (Å²) in [5.41, 5.74) is 4.08. The summed E-state index contributed by atoms with van der Waals surface area (Å²) < 4.78 is 0. The van der Waals surface area contributed by atoms with Crippen LogP contribution in [0.2, 0.25) is 0 Å². The van der Waals surface area contributed by atoms with Gasteiger partial charge in [-0.2, -0.15) is 0 Å². The highest BCUT2D eigenvalue weighted by Crippen LogP contribution is 2.30. The quantitative estimate of drug-likeness (QED) is 0.0629. The molecule has 6 aromatic carbocycles. The Morgan fingerprint density at radius 3 is 1.22 bits per heavy atom. The topological polar surface area (TPSA) is 179 Å². The number of aromatic hydroxyl groups is 8. The van der Waals surface area contributed by atoms with Crippen LogP contribution >= 0.6 is 0 Å². The van der Waals surface area contributed by atoms with E-state index in [1.165, 1.54) is 31.2 Å². The molecule has 0 amide bonds. The Morgan fingerprint density at radius 2 is 0.784 bits per heavy atom. The molecular weight excluding hydrogens is 648 g/mol. The summed E-state index contributed by atoms with van der Waals surface area (Å²) in [4.78, 5) is 10.8. The average molecular weight is 685 g/mol. The van der Waals surface area contributed by atoms with Crippen LogP contribution in [0.5, 0.6) is 46.0 Å². The average Bonchev–Trinajstić information content (AvgIpc) is 3.07. The Hall–Kier alpha value is -7.13. The molecule has 0 heterocycles. The smallest absolute Gasteiger partial charge is 0.152 e. The highest BCUT2D eigenvalue weighted by atomic mass is 16.3. The second kappa shape index (κ2) is 17.3. The maximum absolute atomic E-state index is 10.8. The molecule has 0 aliphatic heterocycles. The van der Waals surface area contributed by atoms with Crippen LogP contribution in [0.15, 0.2) is 121 Å². The number of carbonyl (C=O) groups excluding carboxylic acids is 1. The van der Waals surface area contributed by atoms with E-state index >= 15 is 0 Å². The number of fused-ring (bicyclic) bond motifs is 1. The summed E-state index contributed by atoms with van der Waals surface area (Å²) in [6.45, 7) is 1.48. The number of ketones is 1. The lowest BCUT2D eigenvalue weighted by Gasteiger charge is -2.03. The lowest BCUT2D eigenvalue weighted by atomic mass is 10.1. The number of phenolic OH excluding ortho intramolecular Hbond substituents is 8. The normalized spacial score (nSPS) is 10.9. The summed E-state index contributed by atoms with van der Waals surface area (Å²) in [7, 11) is 0. The number of allylic oxidation sites excluding steroid dienone is 1. The molecule has 6 aromatic rings. The minimum absolute atomic E-state index is 0.0235. The van der Waals surface area contributed by atoms with Gasteiger partial charge in [0.1, 0.15) is 46.0 Å². The predicted molar refractivity (Wildman–Crippen MR) is 201 cm³/mol.